The number of thiazole rings is 1. The molecule has 3 heteroatoms. The summed E-state index contributed by atoms with van der Waals surface area (Å²) in [6.07, 6.45) is 7.00. The minimum absolute atomic E-state index is 0.264. The Bertz CT molecular complexity index is 392. The maximum absolute atomic E-state index is 11.9. The van der Waals surface area contributed by atoms with Crippen LogP contribution < -0.4 is 0 Å². The van der Waals surface area contributed by atoms with Crippen molar-refractivity contribution in [1.29, 1.82) is 0 Å². The molecule has 1 aliphatic rings. The van der Waals surface area contributed by atoms with Crippen LogP contribution in [0.15, 0.2) is 17.0 Å². The van der Waals surface area contributed by atoms with Crippen LogP contribution >= 0.6 is 11.3 Å². The first-order valence-electron chi connectivity index (χ1n) is 5.39. The number of hydrogen-bond acceptors (Lipinski definition) is 3. The van der Waals surface area contributed by atoms with Crippen LogP contribution in [0.5, 0.6) is 0 Å². The fraction of sp³-hybridized carbons (Fsp3) is 0.500. The maximum Gasteiger partial charge on any atom is 0.164 e. The summed E-state index contributed by atoms with van der Waals surface area (Å²) >= 11 is 1.61. The molecule has 0 atom stereocenters. The van der Waals surface area contributed by atoms with E-state index in [0.717, 1.165) is 35.5 Å². The fourth-order valence-corrected chi connectivity index (χ4v) is 2.47. The van der Waals surface area contributed by atoms with E-state index in [-0.39, 0.29) is 5.78 Å². The molecule has 80 valence electrons. The molecular weight excluding hydrogens is 206 g/mol. The Balaban J connectivity index is 2.00. The van der Waals surface area contributed by atoms with Gasteiger partial charge in [0.25, 0.3) is 0 Å². The lowest BCUT2D eigenvalue weighted by Crippen LogP contribution is -2.09. The molecular formula is C12H15NOS. The van der Waals surface area contributed by atoms with E-state index in [4.69, 9.17) is 0 Å². The second-order valence-electron chi connectivity index (χ2n) is 3.93. The molecule has 2 rings (SSSR count). The van der Waals surface area contributed by atoms with Crippen molar-refractivity contribution in [2.45, 2.75) is 39.0 Å². The predicted octanol–water partition coefficient (Wildman–Crippen LogP) is 3.06. The van der Waals surface area contributed by atoms with Crippen molar-refractivity contribution in [2.75, 3.05) is 0 Å². The molecule has 15 heavy (non-hydrogen) atoms. The molecule has 0 bridgehead atoms. The van der Waals surface area contributed by atoms with Gasteiger partial charge in [-0.2, -0.15) is 0 Å². The molecule has 0 aromatic carbocycles. The van der Waals surface area contributed by atoms with Crippen LogP contribution in [0.2, 0.25) is 0 Å². The van der Waals surface area contributed by atoms with Crippen LogP contribution in [-0.4, -0.2) is 10.8 Å². The summed E-state index contributed by atoms with van der Waals surface area (Å²) in [5.74, 6) is 0.264. The van der Waals surface area contributed by atoms with Crippen molar-refractivity contribution >= 4 is 17.1 Å². The highest BCUT2D eigenvalue weighted by Crippen LogP contribution is 2.20. The molecule has 1 aromatic rings. The Morgan fingerprint density at radius 3 is 3.00 bits per heavy atom. The van der Waals surface area contributed by atoms with E-state index in [1.54, 1.807) is 11.3 Å². The van der Waals surface area contributed by atoms with Crippen molar-refractivity contribution < 1.29 is 4.79 Å². The molecule has 0 amide bonds. The summed E-state index contributed by atoms with van der Waals surface area (Å²) in [6, 6.07) is 0. The Hall–Kier alpha value is -0.960. The minimum Gasteiger partial charge on any atom is -0.294 e. The summed E-state index contributed by atoms with van der Waals surface area (Å²) in [6.45, 7) is 1.97. The minimum atomic E-state index is 0.264. The van der Waals surface area contributed by atoms with E-state index in [9.17, 15) is 4.79 Å². The van der Waals surface area contributed by atoms with Crippen molar-refractivity contribution in [3.05, 3.63) is 27.7 Å². The van der Waals surface area contributed by atoms with Crippen LogP contribution in [0, 0.1) is 6.92 Å². The van der Waals surface area contributed by atoms with Crippen molar-refractivity contribution in [3.8, 4) is 0 Å². The molecule has 0 fully saturated rings. The van der Waals surface area contributed by atoms with Crippen molar-refractivity contribution in [1.82, 2.24) is 4.98 Å². The lowest BCUT2D eigenvalue weighted by molar-refractivity contribution is -0.115. The lowest BCUT2D eigenvalue weighted by atomic mass is 9.95. The first kappa shape index (κ1) is 10.6. The van der Waals surface area contributed by atoms with E-state index in [1.807, 2.05) is 12.3 Å². The van der Waals surface area contributed by atoms with Gasteiger partial charge in [-0.1, -0.05) is 6.08 Å². The first-order chi connectivity index (χ1) is 7.25. The van der Waals surface area contributed by atoms with E-state index in [1.165, 1.54) is 6.42 Å². The zero-order chi connectivity index (χ0) is 10.7. The molecule has 2 nitrogen and oxygen atoms in total. The monoisotopic (exact) mass is 221 g/mol. The first-order valence-corrected chi connectivity index (χ1v) is 6.27. The van der Waals surface area contributed by atoms with Gasteiger partial charge in [0.2, 0.25) is 0 Å². The quantitative estimate of drug-likeness (QED) is 0.785. The van der Waals surface area contributed by atoms with Gasteiger partial charge >= 0.3 is 0 Å². The Morgan fingerprint density at radius 1 is 1.53 bits per heavy atom. The predicted molar refractivity (Wildman–Crippen MR) is 62.1 cm³/mol. The zero-order valence-electron chi connectivity index (χ0n) is 8.95. The number of Topliss-reactive ketones (excluding diaryl/α,β-unsaturated/α-hetero) is 1. The average molecular weight is 221 g/mol. The van der Waals surface area contributed by atoms with Crippen LogP contribution in [0.1, 0.15) is 36.4 Å². The van der Waals surface area contributed by atoms with Gasteiger partial charge in [0, 0.05) is 5.38 Å². The Kier molecular flexibility index (Phi) is 3.31. The SMILES string of the molecule is Cc1nc(CC(=O)C2=CCCCC2)cs1. The number of hydrogen-bond donors (Lipinski definition) is 0. The van der Waals surface area contributed by atoms with Gasteiger partial charge in [0.1, 0.15) is 0 Å². The number of allylic oxidation sites excluding steroid dienone is 2. The number of carbonyl (C=O) groups excluding carboxylic acids is 1. The number of rotatable bonds is 3. The Morgan fingerprint density at radius 2 is 2.40 bits per heavy atom. The molecule has 0 unspecified atom stereocenters. The van der Waals surface area contributed by atoms with Gasteiger partial charge in [-0.05, 0) is 38.2 Å². The highest BCUT2D eigenvalue weighted by atomic mass is 32.1. The average Bonchev–Trinajstić information content (AvgIpc) is 2.65. The number of carbonyl (C=O) groups is 1. The van der Waals surface area contributed by atoms with Crippen LogP contribution in [0.4, 0.5) is 0 Å². The van der Waals surface area contributed by atoms with Gasteiger partial charge in [-0.3, -0.25) is 4.79 Å². The standard InChI is InChI=1S/C12H15NOS/c1-9-13-11(8-15-9)7-12(14)10-5-3-2-4-6-10/h5,8H,2-4,6-7H2,1H3. The van der Waals surface area contributed by atoms with E-state index >= 15 is 0 Å². The summed E-state index contributed by atoms with van der Waals surface area (Å²) in [7, 11) is 0. The highest BCUT2D eigenvalue weighted by molar-refractivity contribution is 7.09. The molecule has 1 aliphatic carbocycles. The van der Waals surface area contributed by atoms with Gasteiger partial charge in [-0.15, -0.1) is 11.3 Å². The lowest BCUT2D eigenvalue weighted by Gasteiger charge is -2.10. The maximum atomic E-state index is 11.9. The normalized spacial score (nSPS) is 16.2. The Labute approximate surface area is 94.0 Å². The highest BCUT2D eigenvalue weighted by Gasteiger charge is 2.13. The molecule has 0 spiro atoms. The summed E-state index contributed by atoms with van der Waals surface area (Å²) in [5, 5.41) is 3.02. The molecule has 0 saturated heterocycles. The summed E-state index contributed by atoms with van der Waals surface area (Å²) in [4.78, 5) is 16.2. The number of aryl methyl sites for hydroxylation is 1. The molecule has 0 aliphatic heterocycles. The molecule has 0 saturated carbocycles. The van der Waals surface area contributed by atoms with Gasteiger partial charge in [0.15, 0.2) is 5.78 Å². The third-order valence-electron chi connectivity index (χ3n) is 2.66. The molecule has 0 radical (unpaired) electrons. The fourth-order valence-electron chi connectivity index (χ4n) is 1.86. The van der Waals surface area contributed by atoms with Crippen LogP contribution in [0.3, 0.4) is 0 Å². The number of nitrogens with zero attached hydrogens (tertiary/aromatic N) is 1. The smallest absolute Gasteiger partial charge is 0.164 e. The van der Waals surface area contributed by atoms with E-state index < -0.39 is 0 Å². The van der Waals surface area contributed by atoms with Crippen molar-refractivity contribution in [3.63, 3.8) is 0 Å². The molecule has 1 heterocycles. The van der Waals surface area contributed by atoms with Crippen LogP contribution in [0.25, 0.3) is 0 Å². The molecule has 1 aromatic heterocycles. The van der Waals surface area contributed by atoms with Gasteiger partial charge < -0.3 is 0 Å². The zero-order valence-corrected chi connectivity index (χ0v) is 9.77. The van der Waals surface area contributed by atoms with E-state index in [0.29, 0.717) is 6.42 Å². The largest absolute Gasteiger partial charge is 0.294 e. The van der Waals surface area contributed by atoms with Gasteiger partial charge in [-0.25, -0.2) is 4.98 Å². The number of ketones is 1. The second-order valence-corrected chi connectivity index (χ2v) is 5.00. The third-order valence-corrected chi connectivity index (χ3v) is 3.48. The molecule has 0 N–H and O–H groups in total. The number of aromatic nitrogens is 1. The second kappa shape index (κ2) is 4.71. The topological polar surface area (TPSA) is 30.0 Å². The summed E-state index contributed by atoms with van der Waals surface area (Å²) < 4.78 is 0. The van der Waals surface area contributed by atoms with Crippen molar-refractivity contribution in [2.24, 2.45) is 0 Å². The van der Waals surface area contributed by atoms with Gasteiger partial charge in [0.05, 0.1) is 17.1 Å². The summed E-state index contributed by atoms with van der Waals surface area (Å²) in [5.41, 5.74) is 1.95. The van der Waals surface area contributed by atoms with E-state index in [2.05, 4.69) is 11.1 Å². The third kappa shape index (κ3) is 2.75. The van der Waals surface area contributed by atoms with Crippen LogP contribution in [-0.2, 0) is 11.2 Å².